The summed E-state index contributed by atoms with van der Waals surface area (Å²) in [6, 6.07) is 8.29. The van der Waals surface area contributed by atoms with Gasteiger partial charge in [-0.05, 0) is 38.5 Å². The second kappa shape index (κ2) is 5.83. The molecule has 0 aliphatic heterocycles. The molecule has 4 heteroatoms. The summed E-state index contributed by atoms with van der Waals surface area (Å²) in [5.41, 5.74) is 2.38. The Morgan fingerprint density at radius 2 is 1.94 bits per heavy atom. The smallest absolute Gasteiger partial charge is 0.0900 e. The highest BCUT2D eigenvalue weighted by molar-refractivity contribution is 7.11. The van der Waals surface area contributed by atoms with Crippen molar-refractivity contribution in [2.45, 2.75) is 33.4 Å². The molecule has 0 amide bonds. The van der Waals surface area contributed by atoms with Crippen molar-refractivity contribution in [2.24, 2.45) is 0 Å². The molecule has 1 atom stereocenters. The molecule has 0 saturated heterocycles. The van der Waals surface area contributed by atoms with Crippen LogP contribution in [0.15, 0.2) is 24.3 Å². The fraction of sp³-hybridized carbons (Fsp3) is 0.357. The highest BCUT2D eigenvalue weighted by atomic mass is 35.5. The lowest BCUT2D eigenvalue weighted by Crippen LogP contribution is -2.17. The van der Waals surface area contributed by atoms with Gasteiger partial charge in [0, 0.05) is 22.5 Å². The van der Waals surface area contributed by atoms with Crippen molar-refractivity contribution in [3.8, 4) is 0 Å². The van der Waals surface area contributed by atoms with Gasteiger partial charge < -0.3 is 5.32 Å². The quantitative estimate of drug-likeness (QED) is 0.905. The molecule has 1 aromatic heterocycles. The van der Waals surface area contributed by atoms with Gasteiger partial charge in [0.25, 0.3) is 0 Å². The van der Waals surface area contributed by atoms with Crippen molar-refractivity contribution in [1.29, 1.82) is 0 Å². The average molecular weight is 281 g/mol. The molecule has 0 fully saturated rings. The van der Waals surface area contributed by atoms with E-state index in [4.69, 9.17) is 11.6 Å². The lowest BCUT2D eigenvalue weighted by molar-refractivity contribution is 0.577. The number of halogens is 1. The number of nitrogens with one attached hydrogen (secondary N) is 1. The van der Waals surface area contributed by atoms with Gasteiger partial charge in [0.05, 0.1) is 10.7 Å². The minimum atomic E-state index is 0.309. The predicted molar refractivity (Wildman–Crippen MR) is 78.3 cm³/mol. The number of rotatable bonds is 4. The van der Waals surface area contributed by atoms with Crippen LogP contribution in [0.5, 0.6) is 0 Å². The summed E-state index contributed by atoms with van der Waals surface area (Å²) in [6.07, 6.45) is 0. The van der Waals surface area contributed by atoms with Gasteiger partial charge in [0.15, 0.2) is 0 Å². The molecule has 0 aliphatic carbocycles. The standard InChI is InChI=1S/C14H17ClN2S/c1-9(12-4-6-13(15)7-5-12)16-8-14-10(2)17-11(3)18-14/h4-7,9,16H,8H2,1-3H3/t9-/m0/s1. The first kappa shape index (κ1) is 13.5. The summed E-state index contributed by atoms with van der Waals surface area (Å²) >= 11 is 7.65. The molecule has 2 rings (SSSR count). The Balaban J connectivity index is 1.98. The van der Waals surface area contributed by atoms with Gasteiger partial charge in [-0.25, -0.2) is 4.98 Å². The lowest BCUT2D eigenvalue weighted by atomic mass is 10.1. The topological polar surface area (TPSA) is 24.9 Å². The molecule has 2 nitrogen and oxygen atoms in total. The van der Waals surface area contributed by atoms with E-state index in [2.05, 4.69) is 36.3 Å². The van der Waals surface area contributed by atoms with Gasteiger partial charge in [-0.3, -0.25) is 0 Å². The van der Waals surface area contributed by atoms with Crippen LogP contribution < -0.4 is 5.32 Å². The molecule has 96 valence electrons. The predicted octanol–water partition coefficient (Wildman–Crippen LogP) is 4.26. The van der Waals surface area contributed by atoms with E-state index < -0.39 is 0 Å². The van der Waals surface area contributed by atoms with E-state index in [1.54, 1.807) is 11.3 Å². The number of thiazole rings is 1. The van der Waals surface area contributed by atoms with Crippen LogP contribution >= 0.6 is 22.9 Å². The largest absolute Gasteiger partial charge is 0.305 e. The van der Waals surface area contributed by atoms with Crippen LogP contribution in [0.25, 0.3) is 0 Å². The molecular formula is C14H17ClN2S. The fourth-order valence-corrected chi connectivity index (χ4v) is 2.87. The third kappa shape index (κ3) is 3.31. The summed E-state index contributed by atoms with van der Waals surface area (Å²) in [5, 5.41) is 5.42. The van der Waals surface area contributed by atoms with Crippen molar-refractivity contribution < 1.29 is 0 Å². The maximum Gasteiger partial charge on any atom is 0.0900 e. The van der Waals surface area contributed by atoms with Crippen molar-refractivity contribution in [3.05, 3.63) is 50.4 Å². The van der Waals surface area contributed by atoms with Crippen LogP contribution in [0, 0.1) is 13.8 Å². The first-order valence-corrected chi connectivity index (χ1v) is 7.17. The summed E-state index contributed by atoms with van der Waals surface area (Å²) < 4.78 is 0. The van der Waals surface area contributed by atoms with Gasteiger partial charge in [0.2, 0.25) is 0 Å². The second-order valence-corrected chi connectivity index (χ2v) is 6.12. The number of benzene rings is 1. The highest BCUT2D eigenvalue weighted by Gasteiger charge is 2.08. The van der Waals surface area contributed by atoms with Crippen molar-refractivity contribution >= 4 is 22.9 Å². The van der Waals surface area contributed by atoms with Gasteiger partial charge in [0.1, 0.15) is 0 Å². The number of aryl methyl sites for hydroxylation is 2. The zero-order valence-corrected chi connectivity index (χ0v) is 12.4. The molecule has 0 unspecified atom stereocenters. The first-order chi connectivity index (χ1) is 8.56. The maximum atomic E-state index is 5.89. The van der Waals surface area contributed by atoms with Crippen LogP contribution in [-0.2, 0) is 6.54 Å². The van der Waals surface area contributed by atoms with Gasteiger partial charge in [-0.2, -0.15) is 0 Å². The molecule has 0 saturated carbocycles. The summed E-state index contributed by atoms with van der Waals surface area (Å²) in [6.45, 7) is 7.13. The van der Waals surface area contributed by atoms with Crippen LogP contribution in [0.2, 0.25) is 5.02 Å². The molecule has 2 aromatic rings. The summed E-state index contributed by atoms with van der Waals surface area (Å²) in [4.78, 5) is 5.75. The zero-order valence-electron chi connectivity index (χ0n) is 10.8. The van der Waals surface area contributed by atoms with E-state index in [9.17, 15) is 0 Å². The van der Waals surface area contributed by atoms with Crippen LogP contribution in [0.4, 0.5) is 0 Å². The molecule has 0 aliphatic rings. The first-order valence-electron chi connectivity index (χ1n) is 5.98. The minimum absolute atomic E-state index is 0.309. The Hall–Kier alpha value is -0.900. The molecule has 18 heavy (non-hydrogen) atoms. The summed E-state index contributed by atoms with van der Waals surface area (Å²) in [5.74, 6) is 0. The van der Waals surface area contributed by atoms with E-state index in [0.717, 1.165) is 22.3 Å². The van der Waals surface area contributed by atoms with E-state index in [1.165, 1.54) is 10.4 Å². The van der Waals surface area contributed by atoms with Gasteiger partial charge in [-0.1, -0.05) is 23.7 Å². The van der Waals surface area contributed by atoms with Crippen LogP contribution in [0.1, 0.15) is 34.1 Å². The Morgan fingerprint density at radius 1 is 1.28 bits per heavy atom. The lowest BCUT2D eigenvalue weighted by Gasteiger charge is -2.13. The van der Waals surface area contributed by atoms with Crippen molar-refractivity contribution in [1.82, 2.24) is 10.3 Å². The van der Waals surface area contributed by atoms with Gasteiger partial charge in [-0.15, -0.1) is 11.3 Å². The monoisotopic (exact) mass is 280 g/mol. The Morgan fingerprint density at radius 3 is 2.50 bits per heavy atom. The third-order valence-electron chi connectivity index (χ3n) is 2.94. The van der Waals surface area contributed by atoms with E-state index in [0.29, 0.717) is 6.04 Å². The summed E-state index contributed by atoms with van der Waals surface area (Å²) in [7, 11) is 0. The highest BCUT2D eigenvalue weighted by Crippen LogP contribution is 2.20. The van der Waals surface area contributed by atoms with Gasteiger partial charge >= 0.3 is 0 Å². The number of aromatic nitrogens is 1. The van der Waals surface area contributed by atoms with Crippen molar-refractivity contribution in [3.63, 3.8) is 0 Å². The van der Waals surface area contributed by atoms with E-state index in [1.807, 2.05) is 19.1 Å². The molecule has 1 aromatic carbocycles. The molecular weight excluding hydrogens is 264 g/mol. The van der Waals surface area contributed by atoms with Crippen molar-refractivity contribution in [2.75, 3.05) is 0 Å². The normalized spacial score (nSPS) is 12.7. The molecule has 1 N–H and O–H groups in total. The maximum absolute atomic E-state index is 5.89. The second-order valence-electron chi connectivity index (χ2n) is 4.40. The van der Waals surface area contributed by atoms with E-state index in [-0.39, 0.29) is 0 Å². The number of nitrogens with zero attached hydrogens (tertiary/aromatic N) is 1. The van der Waals surface area contributed by atoms with E-state index >= 15 is 0 Å². The van der Waals surface area contributed by atoms with Crippen LogP contribution in [-0.4, -0.2) is 4.98 Å². The average Bonchev–Trinajstić information content (AvgIpc) is 2.66. The zero-order chi connectivity index (χ0) is 13.1. The fourth-order valence-electron chi connectivity index (χ4n) is 1.85. The Bertz CT molecular complexity index is 519. The molecule has 0 bridgehead atoms. The SMILES string of the molecule is Cc1nc(C)c(CN[C@@H](C)c2ccc(Cl)cc2)s1. The number of hydrogen-bond donors (Lipinski definition) is 1. The minimum Gasteiger partial charge on any atom is -0.305 e. The molecule has 1 heterocycles. The van der Waals surface area contributed by atoms with Crippen LogP contribution in [0.3, 0.4) is 0 Å². The Kier molecular flexibility index (Phi) is 4.38. The molecule has 0 radical (unpaired) electrons. The Labute approximate surface area is 117 Å². The number of hydrogen-bond acceptors (Lipinski definition) is 3. The molecule has 0 spiro atoms. The third-order valence-corrected chi connectivity index (χ3v) is 4.26.